The molecule has 0 radical (unpaired) electrons. The Morgan fingerprint density at radius 3 is 2.19 bits per heavy atom. The van der Waals surface area contributed by atoms with Crippen molar-refractivity contribution in [2.75, 3.05) is 31.1 Å². The van der Waals surface area contributed by atoms with Crippen LogP contribution in [0.2, 0.25) is 10.3 Å². The predicted octanol–water partition coefficient (Wildman–Crippen LogP) is 3.11. The second kappa shape index (κ2) is 6.60. The molecule has 0 saturated carbocycles. The lowest BCUT2D eigenvalue weighted by Crippen LogP contribution is -2.45. The fraction of sp³-hybridized carbons (Fsp3) is 0.333. The summed E-state index contributed by atoms with van der Waals surface area (Å²) in [6.45, 7) is 4.90. The fourth-order valence-electron chi connectivity index (χ4n) is 2.58. The molecule has 110 valence electrons. The van der Waals surface area contributed by atoms with Crippen molar-refractivity contribution in [3.8, 4) is 0 Å². The maximum Gasteiger partial charge on any atom is 0.131 e. The third-order valence-electron chi connectivity index (χ3n) is 3.63. The smallest absolute Gasteiger partial charge is 0.131 e. The van der Waals surface area contributed by atoms with E-state index in [4.69, 9.17) is 23.2 Å². The first-order valence-electron chi connectivity index (χ1n) is 6.90. The highest BCUT2D eigenvalue weighted by Gasteiger charge is 2.17. The molecule has 2 aromatic rings. The average Bonchev–Trinajstić information content (AvgIpc) is 2.48. The molecule has 0 unspecified atom stereocenters. The Morgan fingerprint density at radius 1 is 0.952 bits per heavy atom. The van der Waals surface area contributed by atoms with Crippen molar-refractivity contribution in [2.45, 2.75) is 6.54 Å². The van der Waals surface area contributed by atoms with Crippen LogP contribution in [0.25, 0.3) is 0 Å². The molecule has 2 aromatic heterocycles. The number of piperazine rings is 1. The first-order chi connectivity index (χ1) is 10.2. The van der Waals surface area contributed by atoms with Crippen LogP contribution in [0.1, 0.15) is 5.56 Å². The zero-order chi connectivity index (χ0) is 14.7. The Balaban J connectivity index is 1.58. The minimum atomic E-state index is 0.452. The van der Waals surface area contributed by atoms with Crippen molar-refractivity contribution in [2.24, 2.45) is 0 Å². The predicted molar refractivity (Wildman–Crippen MR) is 86.0 cm³/mol. The Hall–Kier alpha value is -1.36. The van der Waals surface area contributed by atoms with Crippen molar-refractivity contribution in [1.29, 1.82) is 0 Å². The van der Waals surface area contributed by atoms with Crippen molar-refractivity contribution in [3.05, 3.63) is 52.5 Å². The van der Waals surface area contributed by atoms with Crippen molar-refractivity contribution >= 4 is 28.9 Å². The highest BCUT2D eigenvalue weighted by Crippen LogP contribution is 2.19. The van der Waals surface area contributed by atoms with Crippen molar-refractivity contribution in [1.82, 2.24) is 14.9 Å². The summed E-state index contributed by atoms with van der Waals surface area (Å²) in [5.41, 5.74) is 2.34. The summed E-state index contributed by atoms with van der Waals surface area (Å²) in [5.74, 6) is 0. The number of halogens is 2. The maximum atomic E-state index is 5.94. The van der Waals surface area contributed by atoms with Crippen molar-refractivity contribution < 1.29 is 0 Å². The number of nitrogens with zero attached hydrogens (tertiary/aromatic N) is 4. The first-order valence-corrected chi connectivity index (χ1v) is 7.65. The molecule has 0 bridgehead atoms. The van der Waals surface area contributed by atoms with Crippen LogP contribution in [0, 0.1) is 0 Å². The van der Waals surface area contributed by atoms with Crippen molar-refractivity contribution in [3.63, 3.8) is 0 Å². The van der Waals surface area contributed by atoms with Crippen LogP contribution >= 0.6 is 23.2 Å². The number of hydrogen-bond acceptors (Lipinski definition) is 4. The van der Waals surface area contributed by atoms with Crippen LogP contribution < -0.4 is 4.90 Å². The molecular weight excluding hydrogens is 307 g/mol. The normalized spacial score (nSPS) is 16.2. The summed E-state index contributed by atoms with van der Waals surface area (Å²) in [5, 5.41) is 0.904. The van der Waals surface area contributed by atoms with Gasteiger partial charge in [0.1, 0.15) is 10.3 Å². The molecule has 0 amide bonds. The zero-order valence-corrected chi connectivity index (χ0v) is 13.1. The van der Waals surface area contributed by atoms with Gasteiger partial charge in [0.05, 0.1) is 0 Å². The molecule has 0 spiro atoms. The van der Waals surface area contributed by atoms with E-state index in [0.717, 1.165) is 38.3 Å². The minimum Gasteiger partial charge on any atom is -0.369 e. The van der Waals surface area contributed by atoms with E-state index in [-0.39, 0.29) is 0 Å². The van der Waals surface area contributed by atoms with Gasteiger partial charge in [0, 0.05) is 50.8 Å². The fourth-order valence-corrected chi connectivity index (χ4v) is 3.09. The molecule has 1 aliphatic rings. The summed E-state index contributed by atoms with van der Waals surface area (Å²) in [6.07, 6.45) is 3.67. The minimum absolute atomic E-state index is 0.452. The van der Waals surface area contributed by atoms with E-state index in [0.29, 0.717) is 10.3 Å². The standard InChI is InChI=1S/C15H16Cl2N4/c16-14-9-12(10-15(17)19-14)11-20-5-7-21(8-6-20)13-1-3-18-4-2-13/h1-4,9-10H,5-8,11H2. The zero-order valence-electron chi connectivity index (χ0n) is 11.5. The van der Waals surface area contributed by atoms with Gasteiger partial charge < -0.3 is 4.90 Å². The van der Waals surface area contributed by atoms with Gasteiger partial charge in [-0.1, -0.05) is 23.2 Å². The number of hydrogen-bond donors (Lipinski definition) is 0. The summed E-state index contributed by atoms with van der Waals surface area (Å²) in [6, 6.07) is 7.86. The molecule has 0 atom stereocenters. The SMILES string of the molecule is Clc1cc(CN2CCN(c3ccncc3)CC2)cc(Cl)n1. The first kappa shape index (κ1) is 14.6. The van der Waals surface area contributed by atoms with E-state index in [2.05, 4.69) is 31.9 Å². The molecule has 1 saturated heterocycles. The average molecular weight is 323 g/mol. The van der Waals surface area contributed by atoms with Gasteiger partial charge in [-0.05, 0) is 29.8 Å². The van der Waals surface area contributed by atoms with Gasteiger partial charge in [-0.15, -0.1) is 0 Å². The van der Waals surface area contributed by atoms with E-state index in [1.165, 1.54) is 5.69 Å². The van der Waals surface area contributed by atoms with E-state index < -0.39 is 0 Å². The van der Waals surface area contributed by atoms with Gasteiger partial charge in [-0.3, -0.25) is 9.88 Å². The second-order valence-corrected chi connectivity index (χ2v) is 5.86. The lowest BCUT2D eigenvalue weighted by atomic mass is 10.2. The molecule has 0 aromatic carbocycles. The van der Waals surface area contributed by atoms with Crippen LogP contribution in [-0.2, 0) is 6.54 Å². The number of aromatic nitrogens is 2. The summed E-state index contributed by atoms with van der Waals surface area (Å²) >= 11 is 11.9. The molecule has 1 aliphatic heterocycles. The van der Waals surface area contributed by atoms with Crippen LogP contribution in [0.5, 0.6) is 0 Å². The third-order valence-corrected chi connectivity index (χ3v) is 4.02. The summed E-state index contributed by atoms with van der Waals surface area (Å²) in [4.78, 5) is 12.8. The van der Waals surface area contributed by atoms with E-state index in [1.807, 2.05) is 24.5 Å². The highest BCUT2D eigenvalue weighted by atomic mass is 35.5. The van der Waals surface area contributed by atoms with Gasteiger partial charge >= 0.3 is 0 Å². The third kappa shape index (κ3) is 3.84. The van der Waals surface area contributed by atoms with E-state index >= 15 is 0 Å². The number of pyridine rings is 2. The maximum absolute atomic E-state index is 5.94. The molecule has 0 aliphatic carbocycles. The van der Waals surface area contributed by atoms with Crippen LogP contribution in [0.3, 0.4) is 0 Å². The van der Waals surface area contributed by atoms with Gasteiger partial charge in [0.2, 0.25) is 0 Å². The Morgan fingerprint density at radius 2 is 1.57 bits per heavy atom. The monoisotopic (exact) mass is 322 g/mol. The lowest BCUT2D eigenvalue weighted by molar-refractivity contribution is 0.250. The lowest BCUT2D eigenvalue weighted by Gasteiger charge is -2.36. The van der Waals surface area contributed by atoms with Crippen LogP contribution in [-0.4, -0.2) is 41.0 Å². The Bertz CT molecular complexity index is 578. The molecular formula is C15H16Cl2N4. The molecule has 4 nitrogen and oxygen atoms in total. The van der Waals surface area contributed by atoms with E-state index in [9.17, 15) is 0 Å². The summed E-state index contributed by atoms with van der Waals surface area (Å²) in [7, 11) is 0. The highest BCUT2D eigenvalue weighted by molar-refractivity contribution is 6.32. The Labute approximate surface area is 134 Å². The molecule has 3 heterocycles. The molecule has 3 rings (SSSR count). The largest absolute Gasteiger partial charge is 0.369 e. The molecule has 6 heteroatoms. The number of anilines is 1. The van der Waals surface area contributed by atoms with Gasteiger partial charge in [-0.2, -0.15) is 0 Å². The quantitative estimate of drug-likeness (QED) is 0.813. The molecule has 1 fully saturated rings. The topological polar surface area (TPSA) is 32.3 Å². The van der Waals surface area contributed by atoms with Crippen LogP contribution in [0.4, 0.5) is 5.69 Å². The molecule has 0 N–H and O–H groups in total. The van der Waals surface area contributed by atoms with Gasteiger partial charge in [0.15, 0.2) is 0 Å². The van der Waals surface area contributed by atoms with E-state index in [1.54, 1.807) is 0 Å². The second-order valence-electron chi connectivity index (χ2n) is 5.09. The van der Waals surface area contributed by atoms with Crippen LogP contribution in [0.15, 0.2) is 36.7 Å². The molecule has 21 heavy (non-hydrogen) atoms. The van der Waals surface area contributed by atoms with Gasteiger partial charge in [-0.25, -0.2) is 4.98 Å². The number of rotatable bonds is 3. The summed E-state index contributed by atoms with van der Waals surface area (Å²) < 4.78 is 0. The Kier molecular flexibility index (Phi) is 4.58. The van der Waals surface area contributed by atoms with Gasteiger partial charge in [0.25, 0.3) is 0 Å².